The maximum Gasteiger partial charge on any atom is 0.335 e. The first-order valence-corrected chi connectivity index (χ1v) is 37.2. The summed E-state index contributed by atoms with van der Waals surface area (Å²) in [5, 5.41) is 25.2. The minimum Gasteiger partial charge on any atom is -0.699 e. The third-order valence-corrected chi connectivity index (χ3v) is 20.5. The van der Waals surface area contributed by atoms with Crippen LogP contribution in [0.3, 0.4) is 0 Å². The molecule has 3 saturated carbocycles. The van der Waals surface area contributed by atoms with E-state index in [0.717, 1.165) is 122 Å². The average molecular weight is 1710 g/mol. The van der Waals surface area contributed by atoms with Gasteiger partial charge in [0.15, 0.2) is 0 Å². The van der Waals surface area contributed by atoms with Gasteiger partial charge >= 0.3 is 23.9 Å². The molecule has 3 atom stereocenters. The van der Waals surface area contributed by atoms with Crippen LogP contribution in [0.2, 0.25) is 0 Å². The van der Waals surface area contributed by atoms with E-state index in [2.05, 4.69) is 29.1 Å². The number of furan rings is 3. The van der Waals surface area contributed by atoms with Gasteiger partial charge in [0.2, 0.25) is 0 Å². The van der Waals surface area contributed by atoms with Crippen LogP contribution < -0.4 is 22.1 Å². The Morgan fingerprint density at radius 1 is 0.504 bits per heavy atom. The number of nitrogens with zero attached hydrogens (tertiary/aromatic N) is 7. The molecule has 6 aromatic carbocycles. The first-order chi connectivity index (χ1) is 53.8. The third kappa shape index (κ3) is 20.6. The number of nitro groups is 1. The van der Waals surface area contributed by atoms with Gasteiger partial charge in [0.1, 0.15) is 54.4 Å². The number of nitro benzene ring substituents is 1. The van der Waals surface area contributed by atoms with Crippen LogP contribution in [0.15, 0.2) is 196 Å². The Morgan fingerprint density at radius 3 is 1.18 bits per heavy atom. The summed E-state index contributed by atoms with van der Waals surface area (Å²) >= 11 is 0. The molecule has 3 fully saturated rings. The zero-order valence-electron chi connectivity index (χ0n) is 62.4. The molecule has 28 heteroatoms. The molecule has 0 radical (unpaired) electrons. The Balaban J connectivity index is 0.000000166. The smallest absolute Gasteiger partial charge is 0.335 e. The van der Waals surface area contributed by atoms with Crippen LogP contribution in [0.5, 0.6) is 0 Å². The fourth-order valence-electron chi connectivity index (χ4n) is 14.8. The number of rotatable bonds is 21. The number of carbonyl (C=O) groups is 6. The van der Waals surface area contributed by atoms with E-state index < -0.39 is 46.9 Å². The molecule has 113 heavy (non-hydrogen) atoms. The van der Waals surface area contributed by atoms with Gasteiger partial charge in [-0.2, -0.15) is 0 Å². The quantitative estimate of drug-likeness (QED) is 0.0147. The molecule has 2 amide bonds. The summed E-state index contributed by atoms with van der Waals surface area (Å²) in [5.74, 6) is -0.646. The summed E-state index contributed by atoms with van der Waals surface area (Å²) in [6.07, 6.45) is 28.6. The van der Waals surface area contributed by atoms with E-state index in [1.54, 1.807) is 123 Å². The van der Waals surface area contributed by atoms with E-state index in [1.165, 1.54) is 91.2 Å². The molecule has 6 heterocycles. The Hall–Kier alpha value is -12.0. The van der Waals surface area contributed by atoms with E-state index >= 15 is 0 Å². The zero-order chi connectivity index (χ0) is 78.1. The first-order valence-electron chi connectivity index (χ1n) is 37.2. The van der Waals surface area contributed by atoms with Crippen LogP contribution >= 0.6 is 0 Å². The summed E-state index contributed by atoms with van der Waals surface area (Å²) in [6, 6.07) is 40.5. The summed E-state index contributed by atoms with van der Waals surface area (Å²) in [5.41, 5.74) is 31.5. The van der Waals surface area contributed by atoms with Gasteiger partial charge in [-0.15, -0.1) is 5.69 Å². The minimum atomic E-state index is -0.927. The average Bonchev–Trinajstić information content (AvgIpc) is 1.63. The third-order valence-electron chi connectivity index (χ3n) is 20.5. The molecule has 27 nitrogen and oxygen atoms in total. The van der Waals surface area contributed by atoms with Crippen LogP contribution in [0, 0.1) is 10.1 Å². The largest absolute Gasteiger partial charge is 0.699 e. The van der Waals surface area contributed by atoms with Crippen LogP contribution in [0.1, 0.15) is 170 Å². The summed E-state index contributed by atoms with van der Waals surface area (Å²) in [7, 11) is 3.87. The molecule has 3 aliphatic carbocycles. The van der Waals surface area contributed by atoms with Crippen molar-refractivity contribution >= 4 is 85.9 Å². The number of amides is 2. The zero-order valence-corrected chi connectivity index (χ0v) is 65.3. The van der Waals surface area contributed by atoms with Crippen molar-refractivity contribution in [2.45, 2.75) is 159 Å². The molecular weight excluding hydrogens is 1610 g/mol. The monoisotopic (exact) mass is 1710 g/mol. The second-order valence-corrected chi connectivity index (χ2v) is 27.9. The summed E-state index contributed by atoms with van der Waals surface area (Å²) in [6.45, 7) is 0. The van der Waals surface area contributed by atoms with Gasteiger partial charge in [0, 0.05) is 81.0 Å². The van der Waals surface area contributed by atoms with Crippen molar-refractivity contribution in [3.05, 3.63) is 232 Å². The van der Waals surface area contributed by atoms with E-state index in [-0.39, 0.29) is 58.0 Å². The van der Waals surface area contributed by atoms with E-state index in [4.69, 9.17) is 54.9 Å². The Labute approximate surface area is 667 Å². The van der Waals surface area contributed by atoms with Crippen molar-refractivity contribution in [1.82, 2.24) is 39.3 Å². The molecule has 8 N–H and O–H groups in total. The number of benzene rings is 6. The molecule has 15 rings (SSSR count). The number of carbonyl (C=O) groups excluding carboxylic acids is 5. The van der Waals surface area contributed by atoms with Gasteiger partial charge < -0.3 is 74.1 Å². The standard InChI is InChI=1S/C28H30N4O4.C28H29N4O4.C18H18N2O3.C10H12N2O4.CH4.W/c2*1-35-28(34)24(15-18-7-10-21(29)11-8-18)31-27(33)19-9-12-25-23(16-19)30-26(20-13-14-36-17-20)32(25)22-5-3-2-4-6-22;21-18(22)12-6-7-16-15(10-12)19-17(13-8-9-23-11-13)20(16)14-4-2-1-3-5-14;1-16-10(13)9(11)6-7-2-4-8(5-3-7)12(14)15;;/h7-14,16-17,22,24H,2-6,15,29H2,1H3,(H,31,33);7-14,16-17,22,24,29H,2-6,15H2,1H3,(H,31,33);6-11,14H,1-5H2,(H,21,22);2-5,9H,6,11H2,1H3;1H4;/q;-1;;;;/t2*24-;;9-;;/m00.0../s1. The van der Waals surface area contributed by atoms with Gasteiger partial charge in [0.25, 0.3) is 17.5 Å². The Bertz CT molecular complexity index is 4960. The molecular formula is C85H93N12O15W-. The predicted octanol–water partition coefficient (Wildman–Crippen LogP) is 16.7. The number of fused-ring (bicyclic) bond motifs is 3. The maximum absolute atomic E-state index is 13.2. The number of non-ortho nitro benzene ring substituents is 1. The first kappa shape index (κ1) is 83.5. The second-order valence-electron chi connectivity index (χ2n) is 27.9. The number of aromatic carboxylic acids is 1. The fourth-order valence-corrected chi connectivity index (χ4v) is 14.8. The van der Waals surface area contributed by atoms with Gasteiger partial charge in [-0.3, -0.25) is 24.5 Å². The van der Waals surface area contributed by atoms with Crippen molar-refractivity contribution in [2.75, 3.05) is 27.1 Å². The maximum atomic E-state index is 13.2. The van der Waals surface area contributed by atoms with Gasteiger partial charge in [0.05, 0.1) is 100 Å². The van der Waals surface area contributed by atoms with E-state index in [0.29, 0.717) is 53.5 Å². The van der Waals surface area contributed by atoms with E-state index in [9.17, 15) is 44.0 Å². The number of carboxylic acid groups (broad SMARTS) is 1. The predicted molar refractivity (Wildman–Crippen MR) is 424 cm³/mol. The second kappa shape index (κ2) is 39.3. The number of hydrogen-bond acceptors (Lipinski definition) is 19. The molecule has 0 spiro atoms. The topological polar surface area (TPSA) is 386 Å². The van der Waals surface area contributed by atoms with Crippen molar-refractivity contribution in [1.29, 1.82) is 0 Å². The molecule has 0 unspecified atom stereocenters. The number of anilines is 1. The fraction of sp³-hybridized carbons (Fsp3) is 0.329. The summed E-state index contributed by atoms with van der Waals surface area (Å²) < 4.78 is 37.1. The van der Waals surface area contributed by atoms with Crippen molar-refractivity contribution < 1.29 is 87.3 Å². The summed E-state index contributed by atoms with van der Waals surface area (Å²) in [4.78, 5) is 97.9. The SMILES string of the molecule is C.COC(=O)[C@@H](N)Cc1ccc([N+](=O)[O-])cc1.COC(=O)[C@H](Cc1ccc(N)cc1)NC(=O)c1ccc2c(c1)nc(-c1ccoc1)n2C1CCCCC1.COC(=O)[C@H](Cc1ccc([NH-])cc1)NC(=O)c1ccc2c(c1)nc(-c1ccoc1)n2C1CCCCC1.O=C(O)c1ccc2c(c1)nc(-c1ccoc1)n2C1CCCCC1.[W]. The number of nitrogens with two attached hydrogens (primary N) is 2. The van der Waals surface area contributed by atoms with Crippen LogP contribution in [-0.2, 0) is 68.9 Å². The van der Waals surface area contributed by atoms with Crippen molar-refractivity contribution in [3.8, 4) is 34.2 Å². The number of esters is 3. The van der Waals surface area contributed by atoms with Crippen LogP contribution in [-0.4, -0.2) is 114 Å². The Morgan fingerprint density at radius 2 is 0.841 bits per heavy atom. The molecule has 3 aliphatic rings. The molecule has 6 aromatic heterocycles. The number of aromatic nitrogens is 6. The van der Waals surface area contributed by atoms with E-state index in [1.807, 2.05) is 48.5 Å². The number of ether oxygens (including phenoxy) is 3. The number of nitrogen functional groups attached to an aromatic ring is 1. The van der Waals surface area contributed by atoms with Crippen molar-refractivity contribution in [3.63, 3.8) is 0 Å². The van der Waals surface area contributed by atoms with Gasteiger partial charge in [-0.05, 0) is 147 Å². The normalized spacial score (nSPS) is 14.5. The van der Waals surface area contributed by atoms with Crippen LogP contribution in [0.25, 0.3) is 73.0 Å². The number of imidazole rings is 3. The molecule has 12 aromatic rings. The Kier molecular flexibility index (Phi) is 29.0. The molecule has 0 bridgehead atoms. The minimum absolute atomic E-state index is 0. The van der Waals surface area contributed by atoms with Gasteiger partial charge in [-0.1, -0.05) is 114 Å². The van der Waals surface area contributed by atoms with Crippen molar-refractivity contribution in [2.24, 2.45) is 5.73 Å². The molecule has 590 valence electrons. The molecule has 0 saturated heterocycles. The number of hydrogen-bond donors (Lipinski definition) is 5. The van der Waals surface area contributed by atoms with Crippen LogP contribution in [0.4, 0.5) is 17.1 Å². The number of carboxylic acids is 1. The molecule has 0 aliphatic heterocycles. The van der Waals surface area contributed by atoms with Gasteiger partial charge in [-0.25, -0.2) is 29.3 Å². The number of nitrogens with one attached hydrogen (secondary N) is 3. The number of methoxy groups -OCH3 is 3.